The molecule has 0 aromatic carbocycles. The van der Waals surface area contributed by atoms with Gasteiger partial charge >= 0.3 is 0 Å². The molecule has 68 valence electrons. The maximum Gasteiger partial charge on any atom is 0.164 e. The van der Waals surface area contributed by atoms with Crippen LogP contribution >= 0.6 is 0 Å². The van der Waals surface area contributed by atoms with Gasteiger partial charge in [0.2, 0.25) is 0 Å². The van der Waals surface area contributed by atoms with E-state index in [1.165, 1.54) is 0 Å². The summed E-state index contributed by atoms with van der Waals surface area (Å²) < 4.78 is 0. The van der Waals surface area contributed by atoms with Crippen molar-refractivity contribution in [1.29, 1.82) is 0 Å². The lowest BCUT2D eigenvalue weighted by Crippen LogP contribution is -2.35. The Kier molecular flexibility index (Phi) is 4.04. The van der Waals surface area contributed by atoms with Gasteiger partial charge in [-0.1, -0.05) is 27.7 Å². The van der Waals surface area contributed by atoms with Crippen LogP contribution in [-0.4, -0.2) is 16.0 Å². The molecule has 0 aromatic rings. The van der Waals surface area contributed by atoms with Crippen molar-refractivity contribution >= 4 is 0 Å². The smallest absolute Gasteiger partial charge is 0.164 e. The third kappa shape index (κ3) is 3.73. The molecule has 0 radical (unpaired) electrons. The molecule has 0 aliphatic heterocycles. The maximum atomic E-state index is 9.40. The zero-order chi connectivity index (χ0) is 9.07. The highest BCUT2D eigenvalue weighted by Gasteiger charge is 2.28. The molecule has 1 unspecified atom stereocenters. The Hall–Kier alpha value is -0.0800. The van der Waals surface area contributed by atoms with E-state index in [1.807, 2.05) is 6.92 Å². The van der Waals surface area contributed by atoms with Crippen LogP contribution in [0, 0.1) is 11.8 Å². The average molecular weight is 160 g/mol. The first-order valence-electron chi connectivity index (χ1n) is 4.35. The second-order valence-electron chi connectivity index (χ2n) is 3.76. The molecule has 0 spiro atoms. The van der Waals surface area contributed by atoms with Crippen molar-refractivity contribution < 1.29 is 10.2 Å². The fraction of sp³-hybridized carbons (Fsp3) is 1.00. The minimum atomic E-state index is -1.47. The quantitative estimate of drug-likeness (QED) is 0.615. The highest BCUT2D eigenvalue weighted by Crippen LogP contribution is 2.24. The van der Waals surface area contributed by atoms with E-state index in [4.69, 9.17) is 0 Å². The van der Waals surface area contributed by atoms with E-state index in [0.29, 0.717) is 12.3 Å². The van der Waals surface area contributed by atoms with E-state index in [-0.39, 0.29) is 5.92 Å². The molecule has 1 atom stereocenters. The molecule has 2 nitrogen and oxygen atoms in total. The van der Waals surface area contributed by atoms with E-state index in [9.17, 15) is 10.2 Å². The fourth-order valence-corrected chi connectivity index (χ4v) is 1.24. The van der Waals surface area contributed by atoms with Crippen molar-refractivity contribution in [3.05, 3.63) is 0 Å². The van der Waals surface area contributed by atoms with Crippen molar-refractivity contribution in [2.75, 3.05) is 0 Å². The molecule has 0 saturated carbocycles. The van der Waals surface area contributed by atoms with Gasteiger partial charge in [-0.2, -0.15) is 0 Å². The monoisotopic (exact) mass is 160 g/mol. The number of hydrogen-bond donors (Lipinski definition) is 2. The molecule has 0 rings (SSSR count). The molecule has 11 heavy (non-hydrogen) atoms. The molecule has 2 N–H and O–H groups in total. The van der Waals surface area contributed by atoms with Gasteiger partial charge in [-0.15, -0.1) is 0 Å². The van der Waals surface area contributed by atoms with Crippen LogP contribution in [0.15, 0.2) is 0 Å². The highest BCUT2D eigenvalue weighted by molar-refractivity contribution is 4.71. The SMILES string of the molecule is CCC(O)(O)C(C)CC(C)C. The molecular formula is C9H20O2. The zero-order valence-electron chi connectivity index (χ0n) is 7.96. The van der Waals surface area contributed by atoms with Gasteiger partial charge in [-0.25, -0.2) is 0 Å². The van der Waals surface area contributed by atoms with Crippen molar-refractivity contribution in [3.8, 4) is 0 Å². The van der Waals surface area contributed by atoms with Crippen LogP contribution in [0.3, 0.4) is 0 Å². The summed E-state index contributed by atoms with van der Waals surface area (Å²) in [4.78, 5) is 0. The van der Waals surface area contributed by atoms with Gasteiger partial charge in [0.15, 0.2) is 5.79 Å². The van der Waals surface area contributed by atoms with Gasteiger partial charge in [0, 0.05) is 5.92 Å². The molecule has 0 bridgehead atoms. The van der Waals surface area contributed by atoms with Crippen LogP contribution in [0.5, 0.6) is 0 Å². The van der Waals surface area contributed by atoms with Crippen LogP contribution in [0.4, 0.5) is 0 Å². The lowest BCUT2D eigenvalue weighted by Gasteiger charge is -2.28. The van der Waals surface area contributed by atoms with Crippen molar-refractivity contribution in [2.24, 2.45) is 11.8 Å². The molecule has 0 aliphatic rings. The van der Waals surface area contributed by atoms with E-state index < -0.39 is 5.79 Å². The van der Waals surface area contributed by atoms with Crippen molar-refractivity contribution in [1.82, 2.24) is 0 Å². The first-order valence-corrected chi connectivity index (χ1v) is 4.35. The Morgan fingerprint density at radius 2 is 1.64 bits per heavy atom. The van der Waals surface area contributed by atoms with E-state index in [0.717, 1.165) is 6.42 Å². The molecule has 2 heteroatoms. The number of aliphatic hydroxyl groups is 2. The predicted molar refractivity (Wildman–Crippen MR) is 46.1 cm³/mol. The third-order valence-corrected chi connectivity index (χ3v) is 2.13. The van der Waals surface area contributed by atoms with Gasteiger partial charge in [-0.05, 0) is 18.8 Å². The number of rotatable bonds is 4. The molecule has 0 aromatic heterocycles. The molecule has 0 fully saturated rings. The molecule has 0 amide bonds. The molecule has 0 heterocycles. The third-order valence-electron chi connectivity index (χ3n) is 2.13. The molecular weight excluding hydrogens is 140 g/mol. The van der Waals surface area contributed by atoms with Crippen LogP contribution in [-0.2, 0) is 0 Å². The summed E-state index contributed by atoms with van der Waals surface area (Å²) in [6.45, 7) is 7.84. The largest absolute Gasteiger partial charge is 0.365 e. The molecule has 0 saturated heterocycles. The van der Waals surface area contributed by atoms with Crippen molar-refractivity contribution in [3.63, 3.8) is 0 Å². The number of hydrogen-bond acceptors (Lipinski definition) is 2. The maximum absolute atomic E-state index is 9.40. The van der Waals surface area contributed by atoms with Crippen LogP contribution in [0.25, 0.3) is 0 Å². The Balaban J connectivity index is 3.90. The van der Waals surface area contributed by atoms with Crippen LogP contribution < -0.4 is 0 Å². The van der Waals surface area contributed by atoms with Gasteiger partial charge < -0.3 is 10.2 Å². The van der Waals surface area contributed by atoms with Gasteiger partial charge in [0.05, 0.1) is 0 Å². The van der Waals surface area contributed by atoms with Crippen LogP contribution in [0.2, 0.25) is 0 Å². The second-order valence-corrected chi connectivity index (χ2v) is 3.76. The summed E-state index contributed by atoms with van der Waals surface area (Å²) in [7, 11) is 0. The minimum Gasteiger partial charge on any atom is -0.365 e. The Morgan fingerprint density at radius 1 is 1.18 bits per heavy atom. The van der Waals surface area contributed by atoms with E-state index in [1.54, 1.807) is 6.92 Å². The minimum absolute atomic E-state index is 0.0347. The lowest BCUT2D eigenvalue weighted by atomic mass is 9.90. The second kappa shape index (κ2) is 4.07. The fourth-order valence-electron chi connectivity index (χ4n) is 1.24. The average Bonchev–Trinajstić information content (AvgIpc) is 1.86. The summed E-state index contributed by atoms with van der Waals surface area (Å²) in [5, 5.41) is 18.8. The molecule has 0 aliphatic carbocycles. The zero-order valence-corrected chi connectivity index (χ0v) is 7.96. The first-order chi connectivity index (χ1) is 4.90. The predicted octanol–water partition coefficient (Wildman–Crippen LogP) is 1.76. The van der Waals surface area contributed by atoms with Gasteiger partial charge in [-0.3, -0.25) is 0 Å². The summed E-state index contributed by atoms with van der Waals surface area (Å²) in [6.07, 6.45) is 1.27. The first kappa shape index (κ1) is 10.9. The lowest BCUT2D eigenvalue weighted by molar-refractivity contribution is -0.200. The summed E-state index contributed by atoms with van der Waals surface area (Å²) in [5.41, 5.74) is 0. The van der Waals surface area contributed by atoms with Crippen molar-refractivity contribution in [2.45, 2.75) is 46.3 Å². The summed E-state index contributed by atoms with van der Waals surface area (Å²) in [6, 6.07) is 0. The van der Waals surface area contributed by atoms with Gasteiger partial charge in [0.1, 0.15) is 0 Å². The van der Waals surface area contributed by atoms with E-state index in [2.05, 4.69) is 13.8 Å². The van der Waals surface area contributed by atoms with E-state index >= 15 is 0 Å². The Bertz CT molecular complexity index is 108. The Labute approximate surface area is 69.2 Å². The summed E-state index contributed by atoms with van der Waals surface area (Å²) >= 11 is 0. The van der Waals surface area contributed by atoms with Crippen LogP contribution in [0.1, 0.15) is 40.5 Å². The Morgan fingerprint density at radius 3 is 1.91 bits per heavy atom. The standard InChI is InChI=1S/C9H20O2/c1-5-9(10,11)8(4)6-7(2)3/h7-8,10-11H,5-6H2,1-4H3. The highest BCUT2D eigenvalue weighted by atomic mass is 16.5. The summed E-state index contributed by atoms with van der Waals surface area (Å²) in [5.74, 6) is -0.979. The topological polar surface area (TPSA) is 40.5 Å². The normalized spacial score (nSPS) is 15.5. The van der Waals surface area contributed by atoms with Gasteiger partial charge in [0.25, 0.3) is 0 Å².